The van der Waals surface area contributed by atoms with Crippen LogP contribution in [0.1, 0.15) is 290 Å². The number of nitrogens with zero attached hydrogens (tertiary/aromatic N) is 4. The summed E-state index contributed by atoms with van der Waals surface area (Å²) in [6.45, 7) is 9.18. The molecule has 2 aliphatic rings. The predicted molar refractivity (Wildman–Crippen MR) is 302 cm³/mol. The van der Waals surface area contributed by atoms with E-state index in [0.717, 1.165) is 61.7 Å². The van der Waals surface area contributed by atoms with E-state index in [1.807, 2.05) is 0 Å². The number of ether oxygens (including phenoxy) is 1. The fraction of sp³-hybridized carbons (Fsp3) is 0.697. The van der Waals surface area contributed by atoms with E-state index in [1.165, 1.54) is 239 Å². The summed E-state index contributed by atoms with van der Waals surface area (Å²) in [4.78, 5) is 19.7. The van der Waals surface area contributed by atoms with Gasteiger partial charge in [-0.3, -0.25) is 0 Å². The summed E-state index contributed by atoms with van der Waals surface area (Å²) in [5, 5.41) is 0. The lowest BCUT2D eigenvalue weighted by Gasteiger charge is -2.29. The second-order valence-corrected chi connectivity index (χ2v) is 22.8. The van der Waals surface area contributed by atoms with Gasteiger partial charge in [0.05, 0.1) is 0 Å². The van der Waals surface area contributed by atoms with Crippen LogP contribution in [0.15, 0.2) is 61.2 Å². The van der Waals surface area contributed by atoms with Crippen LogP contribution in [0, 0.1) is 11.8 Å². The fourth-order valence-corrected chi connectivity index (χ4v) is 11.9. The Kier molecular flexibility index (Phi) is 27.1. The summed E-state index contributed by atoms with van der Waals surface area (Å²) in [6.07, 6.45) is 56.8. The van der Waals surface area contributed by atoms with Crippen molar-refractivity contribution in [2.45, 2.75) is 284 Å². The molecule has 0 N–H and O–H groups in total. The van der Waals surface area contributed by atoms with Crippen LogP contribution in [0.5, 0.6) is 11.5 Å². The average Bonchev–Trinajstić information content (AvgIpc) is 3.40. The van der Waals surface area contributed by atoms with Crippen LogP contribution in [-0.2, 0) is 38.5 Å². The lowest BCUT2D eigenvalue weighted by atomic mass is 9.78. The third-order valence-electron chi connectivity index (χ3n) is 16.6. The molecule has 71 heavy (non-hydrogen) atoms. The minimum atomic E-state index is 0.476. The standard InChI is InChI=1S/C66H102N4O/c1-5-9-13-17-19-21-23-27-29-53-37-43-63(61(45-53)47-55-33-39-59(40-34-55)65-67-49-57(50-68-65)31-25-15-11-7-3)71-64-44-38-54(30-28-24-22-20-18-14-10-6-2)46-62(64)48-56-35-41-60(42-36-56)66-69-51-58(52-70-66)32-26-16-12-8-4/h37-38,43-46,49-52,55-56,59-60H,5-36,39-42,47-48H2,1-4H3. The lowest BCUT2D eigenvalue weighted by Crippen LogP contribution is -2.18. The van der Waals surface area contributed by atoms with Crippen molar-refractivity contribution in [1.29, 1.82) is 0 Å². The van der Waals surface area contributed by atoms with E-state index in [0.29, 0.717) is 23.7 Å². The largest absolute Gasteiger partial charge is 0.457 e. The van der Waals surface area contributed by atoms with Crippen LogP contribution < -0.4 is 4.74 Å². The first-order valence-electron chi connectivity index (χ1n) is 30.6. The van der Waals surface area contributed by atoms with Gasteiger partial charge < -0.3 is 4.74 Å². The first-order valence-corrected chi connectivity index (χ1v) is 30.6. The summed E-state index contributed by atoms with van der Waals surface area (Å²) in [5.74, 6) is 6.56. The highest BCUT2D eigenvalue weighted by Gasteiger charge is 2.28. The van der Waals surface area contributed by atoms with E-state index < -0.39 is 0 Å². The fourth-order valence-electron chi connectivity index (χ4n) is 11.9. The SMILES string of the molecule is CCCCCCCCCCc1ccc(Oc2ccc(CCCCCCCCCC)cc2CC2CCC(c3ncc(CCCCCC)cn3)CC2)c(CC2CCC(c3ncc(CCCCCC)cn3)CC2)c1. The van der Waals surface area contributed by atoms with Gasteiger partial charge in [0, 0.05) is 36.6 Å². The van der Waals surface area contributed by atoms with Gasteiger partial charge in [-0.1, -0.05) is 180 Å². The van der Waals surface area contributed by atoms with E-state index in [-0.39, 0.29) is 0 Å². The highest BCUT2D eigenvalue weighted by atomic mass is 16.5. The zero-order chi connectivity index (χ0) is 49.6. The van der Waals surface area contributed by atoms with Gasteiger partial charge in [-0.15, -0.1) is 0 Å². The summed E-state index contributed by atoms with van der Waals surface area (Å²) >= 11 is 0. The van der Waals surface area contributed by atoms with E-state index >= 15 is 0 Å². The molecule has 5 nitrogen and oxygen atoms in total. The highest BCUT2D eigenvalue weighted by Crippen LogP contribution is 2.41. The van der Waals surface area contributed by atoms with Gasteiger partial charge in [-0.25, -0.2) is 19.9 Å². The van der Waals surface area contributed by atoms with Crippen LogP contribution in [0.3, 0.4) is 0 Å². The number of benzene rings is 2. The third-order valence-corrected chi connectivity index (χ3v) is 16.6. The number of aryl methyl sites for hydroxylation is 4. The van der Waals surface area contributed by atoms with Crippen LogP contribution in [0.2, 0.25) is 0 Å². The maximum atomic E-state index is 7.26. The van der Waals surface area contributed by atoms with Gasteiger partial charge in [0.25, 0.3) is 0 Å². The number of hydrogen-bond acceptors (Lipinski definition) is 5. The molecule has 2 aromatic carbocycles. The molecule has 0 bridgehead atoms. The lowest BCUT2D eigenvalue weighted by molar-refractivity contribution is 0.312. The van der Waals surface area contributed by atoms with Gasteiger partial charge in [-0.2, -0.15) is 0 Å². The molecule has 6 rings (SSSR count). The van der Waals surface area contributed by atoms with Crippen molar-refractivity contribution in [3.05, 3.63) is 106 Å². The molecule has 0 unspecified atom stereocenters. The average molecular weight is 968 g/mol. The number of rotatable bonds is 36. The Morgan fingerprint density at radius 3 is 0.986 bits per heavy atom. The maximum Gasteiger partial charge on any atom is 0.131 e. The molecule has 4 aromatic rings. The first-order chi connectivity index (χ1) is 35.0. The molecule has 5 heteroatoms. The Balaban J connectivity index is 1.12. The molecule has 0 aliphatic heterocycles. The monoisotopic (exact) mass is 967 g/mol. The summed E-state index contributed by atoms with van der Waals surface area (Å²) < 4.78 is 7.26. The Morgan fingerprint density at radius 2 is 0.648 bits per heavy atom. The minimum absolute atomic E-state index is 0.476. The molecule has 2 heterocycles. The van der Waals surface area contributed by atoms with Crippen molar-refractivity contribution < 1.29 is 4.74 Å². The van der Waals surface area contributed by atoms with E-state index in [2.05, 4.69) is 88.9 Å². The number of aromatic nitrogens is 4. The minimum Gasteiger partial charge on any atom is -0.457 e. The molecule has 2 fully saturated rings. The van der Waals surface area contributed by atoms with Crippen molar-refractivity contribution in [2.24, 2.45) is 11.8 Å². The first kappa shape index (κ1) is 56.7. The van der Waals surface area contributed by atoms with Gasteiger partial charge in [-0.05, 0) is 173 Å². The molecule has 392 valence electrons. The Morgan fingerprint density at radius 1 is 0.352 bits per heavy atom. The van der Waals surface area contributed by atoms with Crippen molar-refractivity contribution in [3.63, 3.8) is 0 Å². The van der Waals surface area contributed by atoms with E-state index in [1.54, 1.807) is 0 Å². The van der Waals surface area contributed by atoms with Crippen molar-refractivity contribution in [3.8, 4) is 11.5 Å². The zero-order valence-electron chi connectivity index (χ0n) is 46.2. The van der Waals surface area contributed by atoms with Crippen molar-refractivity contribution in [2.75, 3.05) is 0 Å². The molecule has 2 aromatic heterocycles. The molecule has 0 radical (unpaired) electrons. The smallest absolute Gasteiger partial charge is 0.131 e. The molecular weight excluding hydrogens is 865 g/mol. The van der Waals surface area contributed by atoms with E-state index in [9.17, 15) is 0 Å². The molecule has 0 saturated heterocycles. The summed E-state index contributed by atoms with van der Waals surface area (Å²) in [6, 6.07) is 14.6. The zero-order valence-corrected chi connectivity index (χ0v) is 46.2. The van der Waals surface area contributed by atoms with Crippen LogP contribution in [-0.4, -0.2) is 19.9 Å². The number of hydrogen-bond donors (Lipinski definition) is 0. The second-order valence-electron chi connectivity index (χ2n) is 22.8. The Bertz CT molecular complexity index is 1830. The molecule has 2 aliphatic carbocycles. The third kappa shape index (κ3) is 21.0. The van der Waals surface area contributed by atoms with Gasteiger partial charge in [0.15, 0.2) is 0 Å². The van der Waals surface area contributed by atoms with Crippen LogP contribution >= 0.6 is 0 Å². The van der Waals surface area contributed by atoms with Gasteiger partial charge >= 0.3 is 0 Å². The van der Waals surface area contributed by atoms with Crippen LogP contribution in [0.25, 0.3) is 0 Å². The van der Waals surface area contributed by atoms with Gasteiger partial charge in [0.1, 0.15) is 23.1 Å². The van der Waals surface area contributed by atoms with Crippen LogP contribution in [0.4, 0.5) is 0 Å². The summed E-state index contributed by atoms with van der Waals surface area (Å²) in [5.41, 5.74) is 8.39. The quantitative estimate of drug-likeness (QED) is 0.0425. The molecule has 0 amide bonds. The molecular formula is C66H102N4O. The van der Waals surface area contributed by atoms with Gasteiger partial charge in [0.2, 0.25) is 0 Å². The molecule has 0 atom stereocenters. The normalized spacial score (nSPS) is 18.3. The Labute approximate surface area is 435 Å². The Hall–Kier alpha value is -3.60. The number of unbranched alkanes of at least 4 members (excludes halogenated alkanes) is 20. The van der Waals surface area contributed by atoms with Crippen molar-refractivity contribution in [1.82, 2.24) is 19.9 Å². The van der Waals surface area contributed by atoms with E-state index in [4.69, 9.17) is 24.7 Å². The second kappa shape index (κ2) is 34.0. The topological polar surface area (TPSA) is 60.8 Å². The van der Waals surface area contributed by atoms with Crippen molar-refractivity contribution >= 4 is 0 Å². The highest BCUT2D eigenvalue weighted by molar-refractivity contribution is 5.45. The predicted octanol–water partition coefficient (Wildman–Crippen LogP) is 19.7. The maximum absolute atomic E-state index is 7.26. The molecule has 2 saturated carbocycles. The molecule has 0 spiro atoms. The summed E-state index contributed by atoms with van der Waals surface area (Å²) in [7, 11) is 0.